The van der Waals surface area contributed by atoms with Gasteiger partial charge < -0.3 is 4.90 Å². The van der Waals surface area contributed by atoms with Crippen LogP contribution in [0.15, 0.2) is 18.5 Å². The van der Waals surface area contributed by atoms with E-state index in [1.165, 1.54) is 0 Å². The van der Waals surface area contributed by atoms with Gasteiger partial charge in [0.25, 0.3) is 5.91 Å². The molecule has 16 heavy (non-hydrogen) atoms. The summed E-state index contributed by atoms with van der Waals surface area (Å²) in [5, 5.41) is 4.96. The Morgan fingerprint density at radius 1 is 1.44 bits per heavy atom. The molecule has 0 bridgehead atoms. The normalized spacial score (nSPS) is 15.2. The van der Waals surface area contributed by atoms with Crippen LogP contribution in [0, 0.1) is 0 Å². The zero-order valence-electron chi connectivity index (χ0n) is 9.05. The van der Waals surface area contributed by atoms with Crippen LogP contribution in [0.5, 0.6) is 0 Å². The SMILES string of the molecule is Cn1ncc2c(C(=O)N3CCC3)ccnc21. The lowest BCUT2D eigenvalue weighted by Crippen LogP contribution is -2.42. The van der Waals surface area contributed by atoms with Crippen molar-refractivity contribution >= 4 is 16.9 Å². The lowest BCUT2D eigenvalue weighted by atomic mass is 10.1. The highest BCUT2D eigenvalue weighted by molar-refractivity contribution is 6.05. The van der Waals surface area contributed by atoms with E-state index in [-0.39, 0.29) is 5.91 Å². The van der Waals surface area contributed by atoms with Crippen LogP contribution in [0.4, 0.5) is 0 Å². The monoisotopic (exact) mass is 216 g/mol. The average molecular weight is 216 g/mol. The second-order valence-electron chi connectivity index (χ2n) is 4.01. The van der Waals surface area contributed by atoms with E-state index in [1.54, 1.807) is 23.1 Å². The van der Waals surface area contributed by atoms with Gasteiger partial charge in [-0.3, -0.25) is 9.48 Å². The molecule has 82 valence electrons. The van der Waals surface area contributed by atoms with E-state index < -0.39 is 0 Å². The van der Waals surface area contributed by atoms with E-state index in [0.717, 1.165) is 30.5 Å². The van der Waals surface area contributed by atoms with Crippen LogP contribution in [0.2, 0.25) is 0 Å². The molecule has 2 aromatic heterocycles. The third-order valence-electron chi connectivity index (χ3n) is 3.01. The summed E-state index contributed by atoms with van der Waals surface area (Å²) in [4.78, 5) is 18.2. The number of carbonyl (C=O) groups is 1. The van der Waals surface area contributed by atoms with Crippen LogP contribution in [-0.4, -0.2) is 38.7 Å². The molecule has 1 amide bonds. The second-order valence-corrected chi connectivity index (χ2v) is 4.01. The number of pyridine rings is 1. The Hall–Kier alpha value is -1.91. The number of fused-ring (bicyclic) bond motifs is 1. The van der Waals surface area contributed by atoms with Gasteiger partial charge in [0.05, 0.1) is 17.1 Å². The number of hydrogen-bond donors (Lipinski definition) is 0. The van der Waals surface area contributed by atoms with Gasteiger partial charge in [0, 0.05) is 26.3 Å². The highest BCUT2D eigenvalue weighted by atomic mass is 16.2. The van der Waals surface area contributed by atoms with E-state index in [4.69, 9.17) is 0 Å². The third-order valence-corrected chi connectivity index (χ3v) is 3.01. The van der Waals surface area contributed by atoms with Gasteiger partial charge in [-0.1, -0.05) is 0 Å². The largest absolute Gasteiger partial charge is 0.338 e. The summed E-state index contributed by atoms with van der Waals surface area (Å²) >= 11 is 0. The lowest BCUT2D eigenvalue weighted by molar-refractivity contribution is 0.0654. The maximum absolute atomic E-state index is 12.1. The van der Waals surface area contributed by atoms with Crippen molar-refractivity contribution in [3.8, 4) is 0 Å². The molecule has 2 aromatic rings. The standard InChI is InChI=1S/C11H12N4O/c1-14-10-9(7-13-14)8(3-4-12-10)11(16)15-5-2-6-15/h3-4,7H,2,5-6H2,1H3. The fourth-order valence-corrected chi connectivity index (χ4v) is 1.92. The maximum Gasteiger partial charge on any atom is 0.254 e. The van der Waals surface area contributed by atoms with Crippen molar-refractivity contribution in [3.63, 3.8) is 0 Å². The summed E-state index contributed by atoms with van der Waals surface area (Å²) in [5.41, 5.74) is 1.46. The molecule has 5 nitrogen and oxygen atoms in total. The molecule has 0 radical (unpaired) electrons. The van der Waals surface area contributed by atoms with Gasteiger partial charge in [0.1, 0.15) is 0 Å². The Labute approximate surface area is 92.7 Å². The number of hydrogen-bond acceptors (Lipinski definition) is 3. The smallest absolute Gasteiger partial charge is 0.254 e. The van der Waals surface area contributed by atoms with Crippen molar-refractivity contribution in [2.75, 3.05) is 13.1 Å². The Kier molecular flexibility index (Phi) is 1.92. The van der Waals surface area contributed by atoms with Crippen molar-refractivity contribution in [1.82, 2.24) is 19.7 Å². The minimum atomic E-state index is 0.0895. The molecule has 3 rings (SSSR count). The van der Waals surface area contributed by atoms with Crippen molar-refractivity contribution in [2.45, 2.75) is 6.42 Å². The molecule has 0 N–H and O–H groups in total. The van der Waals surface area contributed by atoms with Gasteiger partial charge in [0.15, 0.2) is 5.65 Å². The van der Waals surface area contributed by atoms with Crippen LogP contribution in [0.25, 0.3) is 11.0 Å². The topological polar surface area (TPSA) is 51.0 Å². The molecule has 0 atom stereocenters. The van der Waals surface area contributed by atoms with Crippen LogP contribution in [-0.2, 0) is 7.05 Å². The summed E-state index contributed by atoms with van der Waals surface area (Å²) in [5.74, 6) is 0.0895. The first-order valence-corrected chi connectivity index (χ1v) is 5.33. The molecule has 3 heterocycles. The first kappa shape index (κ1) is 9.33. The number of aryl methyl sites for hydroxylation is 1. The molecule has 0 aliphatic carbocycles. The van der Waals surface area contributed by atoms with Crippen molar-refractivity contribution in [2.24, 2.45) is 7.05 Å². The number of nitrogens with zero attached hydrogens (tertiary/aromatic N) is 4. The molecule has 1 saturated heterocycles. The van der Waals surface area contributed by atoms with Crippen molar-refractivity contribution in [3.05, 3.63) is 24.0 Å². The van der Waals surface area contributed by atoms with Gasteiger partial charge in [0.2, 0.25) is 0 Å². The molecular weight excluding hydrogens is 204 g/mol. The van der Waals surface area contributed by atoms with Gasteiger partial charge in [-0.05, 0) is 12.5 Å². The van der Waals surface area contributed by atoms with Crippen molar-refractivity contribution in [1.29, 1.82) is 0 Å². The molecular formula is C11H12N4O. The second kappa shape index (κ2) is 3.30. The van der Waals surface area contributed by atoms with Crippen LogP contribution in [0.1, 0.15) is 16.8 Å². The number of carbonyl (C=O) groups excluding carboxylic acids is 1. The summed E-state index contributed by atoms with van der Waals surface area (Å²) in [6.45, 7) is 1.73. The molecule has 0 spiro atoms. The number of rotatable bonds is 1. The summed E-state index contributed by atoms with van der Waals surface area (Å²) in [7, 11) is 1.83. The molecule has 0 aromatic carbocycles. The van der Waals surface area contributed by atoms with E-state index in [9.17, 15) is 4.79 Å². The average Bonchev–Trinajstić information content (AvgIpc) is 2.58. The van der Waals surface area contributed by atoms with Crippen LogP contribution < -0.4 is 0 Å². The van der Waals surface area contributed by atoms with Crippen LogP contribution in [0.3, 0.4) is 0 Å². The Balaban J connectivity index is 2.12. The Morgan fingerprint density at radius 3 is 2.94 bits per heavy atom. The van der Waals surface area contributed by atoms with E-state index in [1.807, 2.05) is 11.9 Å². The quantitative estimate of drug-likeness (QED) is 0.709. The van der Waals surface area contributed by atoms with E-state index in [2.05, 4.69) is 10.1 Å². The number of likely N-dealkylation sites (tertiary alicyclic amines) is 1. The summed E-state index contributed by atoms with van der Waals surface area (Å²) in [6, 6.07) is 1.77. The molecule has 1 aliphatic rings. The first-order chi connectivity index (χ1) is 7.77. The zero-order chi connectivity index (χ0) is 11.1. The van der Waals surface area contributed by atoms with E-state index in [0.29, 0.717) is 5.56 Å². The fourth-order valence-electron chi connectivity index (χ4n) is 1.92. The van der Waals surface area contributed by atoms with E-state index >= 15 is 0 Å². The Morgan fingerprint density at radius 2 is 2.25 bits per heavy atom. The van der Waals surface area contributed by atoms with Gasteiger partial charge in [-0.2, -0.15) is 5.10 Å². The van der Waals surface area contributed by atoms with Crippen molar-refractivity contribution < 1.29 is 4.79 Å². The van der Waals surface area contributed by atoms with Crippen LogP contribution >= 0.6 is 0 Å². The molecule has 1 aliphatic heterocycles. The summed E-state index contributed by atoms with van der Waals surface area (Å²) in [6.07, 6.45) is 4.47. The van der Waals surface area contributed by atoms with Gasteiger partial charge in [-0.25, -0.2) is 4.98 Å². The molecule has 1 fully saturated rings. The maximum atomic E-state index is 12.1. The molecule has 0 unspecified atom stereocenters. The van der Waals surface area contributed by atoms with Gasteiger partial charge in [-0.15, -0.1) is 0 Å². The third kappa shape index (κ3) is 1.21. The number of amides is 1. The Bertz CT molecular complexity index is 556. The highest BCUT2D eigenvalue weighted by Gasteiger charge is 2.23. The molecule has 5 heteroatoms. The molecule has 0 saturated carbocycles. The fraction of sp³-hybridized carbons (Fsp3) is 0.364. The predicted molar refractivity (Wildman–Crippen MR) is 59.0 cm³/mol. The summed E-state index contributed by atoms with van der Waals surface area (Å²) < 4.78 is 1.68. The lowest BCUT2D eigenvalue weighted by Gasteiger charge is -2.30. The van der Waals surface area contributed by atoms with Gasteiger partial charge >= 0.3 is 0 Å². The first-order valence-electron chi connectivity index (χ1n) is 5.33. The number of aromatic nitrogens is 3. The highest BCUT2D eigenvalue weighted by Crippen LogP contribution is 2.19. The zero-order valence-corrected chi connectivity index (χ0v) is 9.05. The predicted octanol–water partition coefficient (Wildman–Crippen LogP) is 0.814. The minimum absolute atomic E-state index is 0.0895. The minimum Gasteiger partial charge on any atom is -0.338 e.